The molecular weight excluding hydrogens is 533 g/mol. The molecule has 5 heterocycles. The fourth-order valence-electron chi connectivity index (χ4n) is 5.13. The predicted octanol–water partition coefficient (Wildman–Crippen LogP) is 2.90. The molecule has 0 aliphatic carbocycles. The van der Waals surface area contributed by atoms with Crippen molar-refractivity contribution in [1.29, 1.82) is 0 Å². The van der Waals surface area contributed by atoms with Crippen LogP contribution in [0.3, 0.4) is 0 Å². The first-order chi connectivity index (χ1) is 18.7. The molecule has 5 rings (SSSR count). The van der Waals surface area contributed by atoms with Crippen LogP contribution in [0, 0.1) is 5.41 Å². The largest absolute Gasteiger partial charge is 0.465 e. The number of carboxylic acid groups (broad SMARTS) is 1. The van der Waals surface area contributed by atoms with Crippen molar-refractivity contribution in [3.8, 4) is 0 Å². The maximum Gasteiger partial charge on any atom is 0.417 e. The summed E-state index contributed by atoms with van der Waals surface area (Å²) >= 11 is 0. The van der Waals surface area contributed by atoms with E-state index in [0.29, 0.717) is 30.4 Å². The number of carbonyl (C=O) groups is 3. The summed E-state index contributed by atoms with van der Waals surface area (Å²) in [5.41, 5.74) is 1.07. The van der Waals surface area contributed by atoms with Crippen molar-refractivity contribution in [1.82, 2.24) is 35.1 Å². The van der Waals surface area contributed by atoms with Gasteiger partial charge in [-0.25, -0.2) is 9.59 Å². The van der Waals surface area contributed by atoms with Gasteiger partial charge < -0.3 is 25.1 Å². The lowest BCUT2D eigenvalue weighted by Crippen LogP contribution is -2.50. The van der Waals surface area contributed by atoms with Gasteiger partial charge in [-0.3, -0.25) is 9.78 Å². The van der Waals surface area contributed by atoms with E-state index in [1.807, 2.05) is 0 Å². The predicted molar refractivity (Wildman–Crippen MR) is 134 cm³/mol. The standard InChI is InChI=1S/C25H29F3N8O4/c1-24(2,3)21(37)30-18-6-14(25(26,27)28)8-29-17(18)7-20-15-11-35(23(39)40)9-13(15)10-36(20)22(38)34-5-4-16-19(12-34)32-33-31-16/h6,8,20H,4-5,7,9-12H2,1-3H3,(H,30,37)(H,39,40)(H,31,32,33). The molecule has 0 spiro atoms. The number of urea groups is 1. The van der Waals surface area contributed by atoms with E-state index in [4.69, 9.17) is 0 Å². The Morgan fingerprint density at radius 1 is 1.07 bits per heavy atom. The van der Waals surface area contributed by atoms with Gasteiger partial charge in [0.1, 0.15) is 5.69 Å². The third kappa shape index (κ3) is 5.19. The number of carbonyl (C=O) groups excluding carboxylic acids is 2. The number of hydrogen-bond acceptors (Lipinski definition) is 6. The minimum Gasteiger partial charge on any atom is -0.465 e. The van der Waals surface area contributed by atoms with Crippen LogP contribution < -0.4 is 5.32 Å². The number of fused-ring (bicyclic) bond motifs is 1. The Bertz CT molecular complexity index is 1400. The average Bonchev–Trinajstić information content (AvgIpc) is 3.58. The molecule has 3 aliphatic rings. The molecule has 0 bridgehead atoms. The summed E-state index contributed by atoms with van der Waals surface area (Å²) in [6, 6.07) is -0.126. The van der Waals surface area contributed by atoms with Gasteiger partial charge in [-0.05, 0) is 17.2 Å². The first-order valence-electron chi connectivity index (χ1n) is 12.7. The van der Waals surface area contributed by atoms with Crippen LogP contribution in [-0.4, -0.2) is 90.5 Å². The monoisotopic (exact) mass is 562 g/mol. The number of aromatic nitrogens is 4. The molecule has 0 saturated carbocycles. The molecule has 15 heteroatoms. The van der Waals surface area contributed by atoms with Gasteiger partial charge in [0.15, 0.2) is 0 Å². The number of halogens is 3. The number of hydrogen-bond donors (Lipinski definition) is 3. The van der Waals surface area contributed by atoms with Gasteiger partial charge in [-0.1, -0.05) is 20.8 Å². The number of nitrogens with one attached hydrogen (secondary N) is 2. The number of rotatable bonds is 3. The molecule has 1 unspecified atom stereocenters. The zero-order valence-electron chi connectivity index (χ0n) is 22.2. The van der Waals surface area contributed by atoms with Crippen molar-refractivity contribution in [2.24, 2.45) is 5.41 Å². The molecule has 4 amide bonds. The third-order valence-electron chi connectivity index (χ3n) is 7.40. The molecule has 0 radical (unpaired) electrons. The van der Waals surface area contributed by atoms with Gasteiger partial charge in [-0.15, -0.1) is 0 Å². The van der Waals surface area contributed by atoms with Gasteiger partial charge >= 0.3 is 18.3 Å². The highest BCUT2D eigenvalue weighted by molar-refractivity contribution is 5.95. The quantitative estimate of drug-likeness (QED) is 0.488. The maximum absolute atomic E-state index is 13.8. The van der Waals surface area contributed by atoms with Crippen LogP contribution in [0.5, 0.6) is 0 Å². The molecule has 2 aromatic heterocycles. The van der Waals surface area contributed by atoms with Crippen molar-refractivity contribution < 1.29 is 32.7 Å². The molecule has 0 saturated heterocycles. The van der Waals surface area contributed by atoms with Crippen molar-refractivity contribution in [3.63, 3.8) is 0 Å². The van der Waals surface area contributed by atoms with E-state index < -0.39 is 35.2 Å². The topological polar surface area (TPSA) is 148 Å². The molecule has 12 nitrogen and oxygen atoms in total. The Kier molecular flexibility index (Phi) is 6.70. The molecule has 3 aliphatic heterocycles. The second kappa shape index (κ2) is 9.78. The Balaban J connectivity index is 1.47. The third-order valence-corrected chi connectivity index (χ3v) is 7.40. The second-order valence-electron chi connectivity index (χ2n) is 11.2. The Morgan fingerprint density at radius 2 is 1.80 bits per heavy atom. The van der Waals surface area contributed by atoms with Gasteiger partial charge in [-0.2, -0.15) is 28.6 Å². The number of H-pyrrole nitrogens is 1. The number of anilines is 1. The lowest BCUT2D eigenvalue weighted by Gasteiger charge is -2.35. The second-order valence-corrected chi connectivity index (χ2v) is 11.2. The normalized spacial score (nSPS) is 19.1. The fraction of sp³-hybridized carbons (Fsp3) is 0.520. The average molecular weight is 563 g/mol. The van der Waals surface area contributed by atoms with E-state index in [1.165, 1.54) is 4.90 Å². The molecule has 40 heavy (non-hydrogen) atoms. The van der Waals surface area contributed by atoms with Crippen molar-refractivity contribution in [2.75, 3.05) is 31.5 Å². The summed E-state index contributed by atoms with van der Waals surface area (Å²) in [6.45, 7) is 5.92. The van der Waals surface area contributed by atoms with Crippen LogP contribution in [0.2, 0.25) is 0 Å². The van der Waals surface area contributed by atoms with E-state index in [2.05, 4.69) is 25.7 Å². The molecule has 1 atom stereocenters. The maximum atomic E-state index is 13.8. The highest BCUT2D eigenvalue weighted by atomic mass is 19.4. The molecule has 3 N–H and O–H groups in total. The summed E-state index contributed by atoms with van der Waals surface area (Å²) in [4.78, 5) is 46.7. The number of aromatic amines is 1. The number of alkyl halides is 3. The molecule has 214 valence electrons. The summed E-state index contributed by atoms with van der Waals surface area (Å²) < 4.78 is 40.6. The van der Waals surface area contributed by atoms with Crippen molar-refractivity contribution in [3.05, 3.63) is 46.1 Å². The van der Waals surface area contributed by atoms with Crippen LogP contribution in [0.25, 0.3) is 0 Å². The molecular formula is C25H29F3N8O4. The van der Waals surface area contributed by atoms with Crippen LogP contribution in [-0.2, 0) is 30.4 Å². The van der Waals surface area contributed by atoms with Crippen molar-refractivity contribution in [2.45, 2.75) is 52.4 Å². The van der Waals surface area contributed by atoms with Gasteiger partial charge in [0.2, 0.25) is 5.91 Å². The van der Waals surface area contributed by atoms with E-state index in [9.17, 15) is 32.7 Å². The Hall–Kier alpha value is -4.17. The van der Waals surface area contributed by atoms with Gasteiger partial charge in [0, 0.05) is 50.6 Å². The zero-order valence-corrected chi connectivity index (χ0v) is 22.2. The Morgan fingerprint density at radius 3 is 2.48 bits per heavy atom. The lowest BCUT2D eigenvalue weighted by molar-refractivity contribution is -0.137. The molecule has 2 aromatic rings. The highest BCUT2D eigenvalue weighted by Gasteiger charge is 2.44. The zero-order chi connectivity index (χ0) is 29.0. The van der Waals surface area contributed by atoms with Gasteiger partial charge in [0.05, 0.1) is 35.2 Å². The van der Waals surface area contributed by atoms with E-state index in [-0.39, 0.29) is 50.0 Å². The summed E-state index contributed by atoms with van der Waals surface area (Å²) in [6.07, 6.45) is -4.59. The summed E-state index contributed by atoms with van der Waals surface area (Å²) in [5.74, 6) is -0.496. The van der Waals surface area contributed by atoms with Crippen LogP contribution in [0.15, 0.2) is 23.4 Å². The Labute approximate surface area is 227 Å². The molecule has 0 fully saturated rings. The van der Waals surface area contributed by atoms with Crippen LogP contribution >= 0.6 is 0 Å². The highest BCUT2D eigenvalue weighted by Crippen LogP contribution is 2.37. The first-order valence-corrected chi connectivity index (χ1v) is 12.7. The van der Waals surface area contributed by atoms with Crippen LogP contribution in [0.4, 0.5) is 28.4 Å². The van der Waals surface area contributed by atoms with E-state index >= 15 is 0 Å². The number of nitrogens with zero attached hydrogens (tertiary/aromatic N) is 6. The van der Waals surface area contributed by atoms with E-state index in [0.717, 1.165) is 17.3 Å². The first kappa shape index (κ1) is 27.4. The minimum absolute atomic E-state index is 0.0149. The summed E-state index contributed by atoms with van der Waals surface area (Å²) in [7, 11) is 0. The van der Waals surface area contributed by atoms with Gasteiger partial charge in [0.25, 0.3) is 0 Å². The number of amides is 4. The molecule has 0 aromatic carbocycles. The summed E-state index contributed by atoms with van der Waals surface area (Å²) in [5, 5.41) is 22.9. The smallest absolute Gasteiger partial charge is 0.417 e. The lowest BCUT2D eigenvalue weighted by atomic mass is 9.95. The fourth-order valence-corrected chi connectivity index (χ4v) is 5.13. The minimum atomic E-state index is -4.68. The SMILES string of the molecule is CC(C)(C)C(=O)Nc1cc(C(F)(F)F)cnc1CC1C2=C(CN(C(=O)O)C2)CN1C(=O)N1CCc2n[nH]nc2C1. The van der Waals surface area contributed by atoms with Crippen molar-refractivity contribution >= 4 is 23.7 Å². The van der Waals surface area contributed by atoms with Crippen LogP contribution in [0.1, 0.15) is 43.4 Å². The number of pyridine rings is 1. The van der Waals surface area contributed by atoms with E-state index in [1.54, 1.807) is 30.6 Å².